The van der Waals surface area contributed by atoms with Crippen LogP contribution in [0.4, 0.5) is 34.1 Å². The van der Waals surface area contributed by atoms with Gasteiger partial charge in [-0.05, 0) is 83.9 Å². The van der Waals surface area contributed by atoms with E-state index in [4.69, 9.17) is 0 Å². The number of para-hydroxylation sites is 6. The van der Waals surface area contributed by atoms with Crippen LogP contribution in [0.3, 0.4) is 0 Å². The van der Waals surface area contributed by atoms with Crippen molar-refractivity contribution in [3.63, 3.8) is 0 Å². The molecule has 0 saturated carbocycles. The molecule has 326 valence electrons. The fourth-order valence-corrected chi connectivity index (χ4v) is 12.0. The van der Waals surface area contributed by atoms with Crippen LogP contribution in [0, 0.1) is 0 Å². The molecule has 0 fully saturated rings. The molecule has 15 aromatic rings. The van der Waals surface area contributed by atoms with Crippen LogP contribution in [0.1, 0.15) is 0 Å². The quantitative estimate of drug-likeness (QED) is 0.151. The molecule has 0 bridgehead atoms. The first-order valence-electron chi connectivity index (χ1n) is 24.1. The Kier molecular flexibility index (Phi) is 8.33. The van der Waals surface area contributed by atoms with Crippen LogP contribution >= 0.6 is 0 Å². The molecule has 0 amide bonds. The van der Waals surface area contributed by atoms with Crippen LogP contribution in [-0.2, 0) is 0 Å². The SMILES string of the molecule is c1ccc(-c2c3c4ccc(N(c5ccccc5)c5ccccc5)c5c6ccccc6n(c3c(-c3ccccc3)c3c6ccc(N(c7ccccc7)c7ccccc7)c7c8ccccc8n(c23)c67)c45)cc1. The topological polar surface area (TPSA) is 15.3 Å². The summed E-state index contributed by atoms with van der Waals surface area (Å²) in [4.78, 5) is 4.86. The molecule has 15 rings (SSSR count). The largest absolute Gasteiger partial charge is 0.310 e. The standard InChI is InChI=1S/C66H42N4/c1-7-23-43(24-8-1)57-61-51-39-41-55(67(45-27-11-3-12-28-45)46-29-13-4-14-30-46)59-50-36-20-22-38-54(50)70(63(51)59)66(61)58(44-25-9-2-10-26-44)62-52-40-42-56(60-49-35-19-21-37-53(49)69(64(52)60)65(57)62)68(47-31-15-5-16-32-47)48-33-17-6-18-34-48/h1-42H. The Hall–Kier alpha value is -9.38. The molecule has 4 heteroatoms. The van der Waals surface area contributed by atoms with Crippen molar-refractivity contribution in [2.75, 3.05) is 9.80 Å². The predicted molar refractivity (Wildman–Crippen MR) is 296 cm³/mol. The molecule has 0 radical (unpaired) electrons. The van der Waals surface area contributed by atoms with Gasteiger partial charge in [-0.1, -0.05) is 182 Å². The number of rotatable bonds is 8. The molecule has 0 spiro atoms. The van der Waals surface area contributed by atoms with Crippen molar-refractivity contribution in [2.45, 2.75) is 0 Å². The van der Waals surface area contributed by atoms with Gasteiger partial charge in [0.25, 0.3) is 0 Å². The molecule has 0 N–H and O–H groups in total. The molecule has 70 heavy (non-hydrogen) atoms. The maximum atomic E-state index is 2.62. The van der Waals surface area contributed by atoms with E-state index < -0.39 is 0 Å². The second-order valence-electron chi connectivity index (χ2n) is 18.4. The Morgan fingerprint density at radius 2 is 0.529 bits per heavy atom. The molecule has 4 aromatic heterocycles. The zero-order chi connectivity index (χ0) is 45.9. The smallest absolute Gasteiger partial charge is 0.0642 e. The third-order valence-corrected chi connectivity index (χ3v) is 14.7. The fourth-order valence-electron chi connectivity index (χ4n) is 12.0. The van der Waals surface area contributed by atoms with Crippen molar-refractivity contribution in [3.8, 4) is 22.3 Å². The lowest BCUT2D eigenvalue weighted by atomic mass is 9.89. The van der Waals surface area contributed by atoms with Crippen molar-refractivity contribution in [1.29, 1.82) is 0 Å². The van der Waals surface area contributed by atoms with Crippen LogP contribution in [0.25, 0.3) is 98.4 Å². The Morgan fingerprint density at radius 3 is 0.871 bits per heavy atom. The van der Waals surface area contributed by atoms with E-state index in [2.05, 4.69) is 273 Å². The van der Waals surface area contributed by atoms with E-state index in [1.807, 2.05) is 0 Å². The highest BCUT2D eigenvalue weighted by molar-refractivity contribution is 6.39. The minimum absolute atomic E-state index is 1.11. The van der Waals surface area contributed by atoms with E-state index in [9.17, 15) is 0 Å². The van der Waals surface area contributed by atoms with Crippen molar-refractivity contribution in [2.24, 2.45) is 0 Å². The van der Waals surface area contributed by atoms with E-state index in [-0.39, 0.29) is 0 Å². The normalized spacial score (nSPS) is 12.0. The molecular weight excluding hydrogens is 849 g/mol. The summed E-state index contributed by atoms with van der Waals surface area (Å²) in [7, 11) is 0. The van der Waals surface area contributed by atoms with Crippen LogP contribution in [0.2, 0.25) is 0 Å². The van der Waals surface area contributed by atoms with Gasteiger partial charge >= 0.3 is 0 Å². The minimum Gasteiger partial charge on any atom is -0.310 e. The zero-order valence-electron chi connectivity index (χ0n) is 38.0. The first kappa shape index (κ1) is 38.7. The molecule has 4 nitrogen and oxygen atoms in total. The summed E-state index contributed by atoms with van der Waals surface area (Å²) >= 11 is 0. The summed E-state index contributed by atoms with van der Waals surface area (Å²) in [5, 5.41) is 9.88. The van der Waals surface area contributed by atoms with Gasteiger partial charge in [-0.2, -0.15) is 0 Å². The van der Waals surface area contributed by atoms with Gasteiger partial charge < -0.3 is 18.6 Å². The van der Waals surface area contributed by atoms with E-state index in [1.165, 1.54) is 98.4 Å². The molecule has 0 aliphatic rings. The summed E-state index contributed by atoms with van der Waals surface area (Å²) in [6, 6.07) is 93.2. The third-order valence-electron chi connectivity index (χ3n) is 14.7. The summed E-state index contributed by atoms with van der Waals surface area (Å²) in [5.41, 5.74) is 18.8. The van der Waals surface area contributed by atoms with Gasteiger partial charge in [0.1, 0.15) is 0 Å². The molecule has 4 heterocycles. The highest BCUT2D eigenvalue weighted by Crippen LogP contribution is 2.57. The summed E-state index contributed by atoms with van der Waals surface area (Å²) in [6.45, 7) is 0. The zero-order valence-corrected chi connectivity index (χ0v) is 38.0. The average molecular weight is 891 g/mol. The number of benzene rings is 11. The molecule has 0 aliphatic carbocycles. The lowest BCUT2D eigenvalue weighted by Crippen LogP contribution is -2.10. The number of aromatic nitrogens is 2. The Labute approximate surface area is 404 Å². The fraction of sp³-hybridized carbons (Fsp3) is 0. The predicted octanol–water partition coefficient (Wildman–Crippen LogP) is 18.3. The number of nitrogens with zero attached hydrogens (tertiary/aromatic N) is 4. The second kappa shape index (κ2) is 15.1. The molecule has 0 unspecified atom stereocenters. The monoisotopic (exact) mass is 890 g/mol. The number of hydrogen-bond acceptors (Lipinski definition) is 2. The Balaban J connectivity index is 1.18. The molecule has 0 atom stereocenters. The third kappa shape index (κ3) is 5.36. The van der Waals surface area contributed by atoms with Crippen molar-refractivity contribution in [3.05, 3.63) is 255 Å². The molecule has 0 saturated heterocycles. The van der Waals surface area contributed by atoms with Gasteiger partial charge in [-0.25, -0.2) is 0 Å². The van der Waals surface area contributed by atoms with Gasteiger partial charge in [0.05, 0.1) is 44.5 Å². The van der Waals surface area contributed by atoms with Gasteiger partial charge in [0, 0.05) is 77.0 Å². The first-order valence-corrected chi connectivity index (χ1v) is 24.1. The van der Waals surface area contributed by atoms with E-state index in [1.54, 1.807) is 0 Å². The maximum absolute atomic E-state index is 2.62. The molecule has 0 aliphatic heterocycles. The molecular formula is C66H42N4. The van der Waals surface area contributed by atoms with Crippen molar-refractivity contribution in [1.82, 2.24) is 8.80 Å². The number of anilines is 6. The van der Waals surface area contributed by atoms with Gasteiger partial charge in [-0.3, -0.25) is 0 Å². The summed E-state index contributed by atoms with van der Waals surface area (Å²) in [5.74, 6) is 0. The van der Waals surface area contributed by atoms with Gasteiger partial charge in [0.15, 0.2) is 0 Å². The lowest BCUT2D eigenvalue weighted by molar-refractivity contribution is 1.30. The van der Waals surface area contributed by atoms with Crippen LogP contribution in [-0.4, -0.2) is 8.80 Å². The lowest BCUT2D eigenvalue weighted by Gasteiger charge is -2.26. The van der Waals surface area contributed by atoms with Crippen molar-refractivity contribution >= 4 is 110 Å². The van der Waals surface area contributed by atoms with Gasteiger partial charge in [0.2, 0.25) is 0 Å². The molecule has 11 aromatic carbocycles. The highest BCUT2D eigenvalue weighted by Gasteiger charge is 2.33. The Morgan fingerprint density at radius 1 is 0.229 bits per heavy atom. The first-order chi connectivity index (χ1) is 34.8. The van der Waals surface area contributed by atoms with Crippen LogP contribution in [0.15, 0.2) is 255 Å². The van der Waals surface area contributed by atoms with Crippen molar-refractivity contribution < 1.29 is 0 Å². The average Bonchev–Trinajstić information content (AvgIpc) is 4.18. The Bertz CT molecular complexity index is 4060. The van der Waals surface area contributed by atoms with E-state index in [0.717, 1.165) is 34.1 Å². The van der Waals surface area contributed by atoms with Gasteiger partial charge in [-0.15, -0.1) is 0 Å². The number of fused-ring (bicyclic) bond motifs is 12. The maximum Gasteiger partial charge on any atom is 0.0642 e. The van der Waals surface area contributed by atoms with Crippen LogP contribution in [0.5, 0.6) is 0 Å². The van der Waals surface area contributed by atoms with E-state index in [0.29, 0.717) is 0 Å². The van der Waals surface area contributed by atoms with E-state index >= 15 is 0 Å². The minimum atomic E-state index is 1.11. The highest BCUT2D eigenvalue weighted by atomic mass is 15.2. The summed E-state index contributed by atoms with van der Waals surface area (Å²) < 4.78 is 5.23. The van der Waals surface area contributed by atoms with Crippen LogP contribution < -0.4 is 9.80 Å². The second-order valence-corrected chi connectivity index (χ2v) is 18.4. The number of hydrogen-bond donors (Lipinski definition) is 0. The summed E-state index contributed by atoms with van der Waals surface area (Å²) in [6.07, 6.45) is 0.